The van der Waals surface area contributed by atoms with Gasteiger partial charge in [-0.1, -0.05) is 57.7 Å². The zero-order chi connectivity index (χ0) is 22.9. The third-order valence-corrected chi connectivity index (χ3v) is 6.00. The van der Waals surface area contributed by atoms with Gasteiger partial charge in [0.15, 0.2) is 0 Å². The Bertz CT molecular complexity index is 889. The van der Waals surface area contributed by atoms with E-state index in [1.54, 1.807) is 10.9 Å². The van der Waals surface area contributed by atoms with E-state index in [0.717, 1.165) is 55.6 Å². The maximum atomic E-state index is 13.2. The Morgan fingerprint density at radius 2 is 1.66 bits per heavy atom. The highest BCUT2D eigenvalue weighted by molar-refractivity contribution is 5.94. The van der Waals surface area contributed by atoms with Crippen LogP contribution in [0.4, 0.5) is 5.69 Å². The number of amides is 2. The fraction of sp³-hybridized carbons (Fsp3) is 0.577. The summed E-state index contributed by atoms with van der Waals surface area (Å²) < 4.78 is 1.71. The number of benzene rings is 1. The summed E-state index contributed by atoms with van der Waals surface area (Å²) in [5.41, 5.74) is 3.03. The van der Waals surface area contributed by atoms with Crippen molar-refractivity contribution in [3.8, 4) is 0 Å². The predicted molar refractivity (Wildman–Crippen MR) is 128 cm³/mol. The molecule has 2 heterocycles. The molecule has 2 amide bonds. The molecule has 3 rings (SSSR count). The van der Waals surface area contributed by atoms with Crippen molar-refractivity contribution in [2.45, 2.75) is 78.8 Å². The summed E-state index contributed by atoms with van der Waals surface area (Å²) >= 11 is 0. The lowest BCUT2D eigenvalue weighted by Crippen LogP contribution is -2.37. The summed E-state index contributed by atoms with van der Waals surface area (Å²) in [6.07, 6.45) is 10.8. The van der Waals surface area contributed by atoms with Crippen LogP contribution in [0, 0.1) is 12.8 Å². The molecule has 0 saturated carbocycles. The van der Waals surface area contributed by atoms with Crippen LogP contribution in [0.1, 0.15) is 69.9 Å². The summed E-state index contributed by atoms with van der Waals surface area (Å²) in [6, 6.07) is 8.09. The number of anilines is 1. The molecule has 0 fully saturated rings. The molecule has 0 saturated heterocycles. The van der Waals surface area contributed by atoms with Crippen LogP contribution in [0.5, 0.6) is 0 Å². The van der Waals surface area contributed by atoms with Gasteiger partial charge in [-0.15, -0.1) is 0 Å². The maximum absolute atomic E-state index is 13.2. The molecule has 1 aromatic carbocycles. The highest BCUT2D eigenvalue weighted by atomic mass is 16.2. The van der Waals surface area contributed by atoms with Crippen LogP contribution < -0.4 is 4.90 Å². The second-order valence-electron chi connectivity index (χ2n) is 9.42. The van der Waals surface area contributed by atoms with Gasteiger partial charge >= 0.3 is 0 Å². The van der Waals surface area contributed by atoms with Crippen molar-refractivity contribution < 1.29 is 9.59 Å². The smallest absolute Gasteiger partial charge is 0.244 e. The van der Waals surface area contributed by atoms with Gasteiger partial charge in [0.05, 0.1) is 6.20 Å². The Hall–Kier alpha value is -2.63. The quantitative estimate of drug-likeness (QED) is 0.678. The van der Waals surface area contributed by atoms with E-state index in [1.165, 1.54) is 12.8 Å². The minimum absolute atomic E-state index is 0.0674. The van der Waals surface area contributed by atoms with Crippen LogP contribution in [-0.2, 0) is 22.7 Å². The van der Waals surface area contributed by atoms with Crippen molar-refractivity contribution in [1.82, 2.24) is 14.7 Å². The molecule has 0 atom stereocenters. The molecule has 2 aromatic rings. The standard InChI is InChI=1S/C26H38N4O2/c1-21(2)16-25(31)30-15-11-7-5-4-6-10-14-28(19-23-12-8-9-13-24(23)30)26(32)20-29-18-22(3)17-27-29/h8-9,12-13,17-18,21H,4-7,10-11,14-16,19-20H2,1-3H3. The highest BCUT2D eigenvalue weighted by Gasteiger charge is 2.22. The van der Waals surface area contributed by atoms with Crippen molar-refractivity contribution in [2.75, 3.05) is 18.0 Å². The van der Waals surface area contributed by atoms with Gasteiger partial charge < -0.3 is 9.80 Å². The maximum Gasteiger partial charge on any atom is 0.244 e. The largest absolute Gasteiger partial charge is 0.337 e. The number of carbonyl (C=O) groups excluding carboxylic acids is 2. The molecule has 6 nitrogen and oxygen atoms in total. The Labute approximate surface area is 192 Å². The predicted octanol–water partition coefficient (Wildman–Crippen LogP) is 4.95. The summed E-state index contributed by atoms with van der Waals surface area (Å²) in [5.74, 6) is 0.555. The van der Waals surface area contributed by atoms with E-state index in [1.807, 2.05) is 41.1 Å². The zero-order valence-electron chi connectivity index (χ0n) is 19.9. The third kappa shape index (κ3) is 6.94. The molecule has 32 heavy (non-hydrogen) atoms. The Morgan fingerprint density at radius 1 is 0.969 bits per heavy atom. The number of nitrogens with zero attached hydrogens (tertiary/aromatic N) is 4. The molecule has 0 radical (unpaired) electrons. The fourth-order valence-corrected chi connectivity index (χ4v) is 4.32. The number of hydrogen-bond acceptors (Lipinski definition) is 3. The summed E-state index contributed by atoms with van der Waals surface area (Å²) in [7, 11) is 0. The van der Waals surface area contributed by atoms with Crippen LogP contribution in [0.2, 0.25) is 0 Å². The number of aryl methyl sites for hydroxylation is 1. The monoisotopic (exact) mass is 438 g/mol. The topological polar surface area (TPSA) is 58.4 Å². The van der Waals surface area contributed by atoms with E-state index in [0.29, 0.717) is 18.9 Å². The van der Waals surface area contributed by atoms with Gasteiger partial charge in [-0.05, 0) is 42.9 Å². The molecule has 0 N–H and O–H groups in total. The third-order valence-electron chi connectivity index (χ3n) is 6.00. The van der Waals surface area contributed by atoms with E-state index in [-0.39, 0.29) is 18.4 Å². The van der Waals surface area contributed by atoms with E-state index >= 15 is 0 Å². The minimum Gasteiger partial charge on any atom is -0.337 e. The van der Waals surface area contributed by atoms with Gasteiger partial charge in [-0.3, -0.25) is 14.3 Å². The normalized spacial score (nSPS) is 16.1. The van der Waals surface area contributed by atoms with Gasteiger partial charge in [0.2, 0.25) is 11.8 Å². The van der Waals surface area contributed by atoms with Crippen LogP contribution in [0.25, 0.3) is 0 Å². The first-order valence-corrected chi connectivity index (χ1v) is 12.1. The molecule has 0 unspecified atom stereocenters. The van der Waals surface area contributed by atoms with Crippen molar-refractivity contribution in [3.63, 3.8) is 0 Å². The van der Waals surface area contributed by atoms with Gasteiger partial charge in [-0.2, -0.15) is 5.10 Å². The number of para-hydroxylation sites is 1. The van der Waals surface area contributed by atoms with Crippen molar-refractivity contribution in [3.05, 3.63) is 47.8 Å². The summed E-state index contributed by atoms with van der Waals surface area (Å²) in [5, 5.41) is 4.29. The molecule has 1 aromatic heterocycles. The molecular weight excluding hydrogens is 400 g/mol. The van der Waals surface area contributed by atoms with Gasteiger partial charge in [-0.25, -0.2) is 0 Å². The first kappa shape index (κ1) is 24.0. The number of rotatable bonds is 4. The van der Waals surface area contributed by atoms with Crippen LogP contribution >= 0.6 is 0 Å². The number of carbonyl (C=O) groups is 2. The van der Waals surface area contributed by atoms with E-state index in [4.69, 9.17) is 0 Å². The van der Waals surface area contributed by atoms with Crippen molar-refractivity contribution >= 4 is 17.5 Å². The Balaban J connectivity index is 1.87. The average Bonchev–Trinajstić information content (AvgIpc) is 3.16. The van der Waals surface area contributed by atoms with Crippen LogP contribution in [0.3, 0.4) is 0 Å². The number of fused-ring (bicyclic) bond motifs is 1. The molecule has 0 aliphatic carbocycles. The highest BCUT2D eigenvalue weighted by Crippen LogP contribution is 2.25. The summed E-state index contributed by atoms with van der Waals surface area (Å²) in [4.78, 5) is 30.3. The second-order valence-corrected chi connectivity index (χ2v) is 9.42. The molecule has 174 valence electrons. The SMILES string of the molecule is Cc1cnn(CC(=O)N2CCCCCCCCN(C(=O)CC(C)C)c3ccccc3C2)c1. The fourth-order valence-electron chi connectivity index (χ4n) is 4.32. The number of aromatic nitrogens is 2. The van der Waals surface area contributed by atoms with E-state index < -0.39 is 0 Å². The second kappa shape index (κ2) is 11.8. The first-order chi connectivity index (χ1) is 15.4. The van der Waals surface area contributed by atoms with Gasteiger partial charge in [0, 0.05) is 37.9 Å². The molecular formula is C26H38N4O2. The van der Waals surface area contributed by atoms with Gasteiger partial charge in [0.25, 0.3) is 0 Å². The number of hydrogen-bond donors (Lipinski definition) is 0. The van der Waals surface area contributed by atoms with E-state index in [9.17, 15) is 9.59 Å². The van der Waals surface area contributed by atoms with Crippen LogP contribution in [0.15, 0.2) is 36.7 Å². The molecule has 1 aliphatic rings. The van der Waals surface area contributed by atoms with Crippen molar-refractivity contribution in [1.29, 1.82) is 0 Å². The lowest BCUT2D eigenvalue weighted by atomic mass is 10.1. The molecule has 0 spiro atoms. The lowest BCUT2D eigenvalue weighted by Gasteiger charge is -2.29. The Morgan fingerprint density at radius 3 is 2.34 bits per heavy atom. The average molecular weight is 439 g/mol. The van der Waals surface area contributed by atoms with E-state index in [2.05, 4.69) is 25.0 Å². The molecule has 6 heteroatoms. The minimum atomic E-state index is 0.0674. The lowest BCUT2D eigenvalue weighted by molar-refractivity contribution is -0.132. The zero-order valence-corrected chi connectivity index (χ0v) is 19.9. The molecule has 1 aliphatic heterocycles. The van der Waals surface area contributed by atoms with Crippen molar-refractivity contribution in [2.24, 2.45) is 5.92 Å². The van der Waals surface area contributed by atoms with Gasteiger partial charge in [0.1, 0.15) is 6.54 Å². The molecule has 0 bridgehead atoms. The van der Waals surface area contributed by atoms with Crippen LogP contribution in [-0.4, -0.2) is 39.6 Å². The first-order valence-electron chi connectivity index (χ1n) is 12.1. The Kier molecular flexibility index (Phi) is 8.89. The summed E-state index contributed by atoms with van der Waals surface area (Å²) in [6.45, 7) is 8.37.